The molecule has 0 nitrogen and oxygen atoms in total. The van der Waals surface area contributed by atoms with Crippen molar-refractivity contribution in [3.63, 3.8) is 0 Å². The van der Waals surface area contributed by atoms with E-state index in [1.165, 1.54) is 0 Å². The number of hydrogen-bond acceptors (Lipinski definition) is 0. The highest BCUT2D eigenvalue weighted by Gasteiger charge is 2.38. The first-order chi connectivity index (χ1) is 2.73. The smallest absolute Gasteiger partial charge is 0.0759 e. The summed E-state index contributed by atoms with van der Waals surface area (Å²) in [6, 6.07) is 0. The van der Waals surface area contributed by atoms with Crippen molar-refractivity contribution < 1.29 is 0 Å². The van der Waals surface area contributed by atoms with Gasteiger partial charge in [-0.05, 0) is 5.57 Å². The molecule has 0 aromatic carbocycles. The predicted molar refractivity (Wildman–Crippen MR) is 28.4 cm³/mol. The van der Waals surface area contributed by atoms with Crippen molar-refractivity contribution in [2.24, 2.45) is 0 Å². The van der Waals surface area contributed by atoms with Crippen LogP contribution in [-0.2, 0) is 0 Å². The number of rotatable bonds is 0. The van der Waals surface area contributed by atoms with Crippen LogP contribution in [0.5, 0.6) is 0 Å². The molecule has 0 saturated heterocycles. The van der Waals surface area contributed by atoms with Crippen molar-refractivity contribution in [2.75, 3.05) is 0 Å². The van der Waals surface area contributed by atoms with Gasteiger partial charge in [0.05, 0.1) is 10.8 Å². The first-order valence-corrected chi connectivity index (χ1v) is 2.57. The lowest BCUT2D eigenvalue weighted by Crippen LogP contribution is -1.63. The van der Waals surface area contributed by atoms with E-state index in [0.29, 0.717) is 0 Å². The minimum Gasteiger partial charge on any atom is -0.116 e. The Morgan fingerprint density at radius 3 is 1.50 bits per heavy atom. The molecule has 2 heteroatoms. The van der Waals surface area contributed by atoms with Crippen LogP contribution in [0.25, 0.3) is 0 Å². The maximum absolute atomic E-state index is 5.46. The van der Waals surface area contributed by atoms with Crippen LogP contribution in [0.2, 0.25) is 0 Å². The van der Waals surface area contributed by atoms with Gasteiger partial charge in [0, 0.05) is 0 Å². The molecule has 1 saturated carbocycles. The molecule has 0 heterocycles. The van der Waals surface area contributed by atoms with E-state index in [1.807, 2.05) is 0 Å². The van der Waals surface area contributed by atoms with Gasteiger partial charge in [0.25, 0.3) is 0 Å². The summed E-state index contributed by atoms with van der Waals surface area (Å²) in [7, 11) is 0. The Bertz CT molecular complexity index is 77.5. The fourth-order valence-corrected chi connectivity index (χ4v) is 0.759. The maximum atomic E-state index is 5.46. The van der Waals surface area contributed by atoms with Crippen LogP contribution in [0.1, 0.15) is 0 Å². The molecule has 0 aliphatic heterocycles. The molecule has 1 aliphatic rings. The van der Waals surface area contributed by atoms with Crippen LogP contribution in [0, 0.1) is 0 Å². The first-order valence-electron chi connectivity index (χ1n) is 1.70. The Morgan fingerprint density at radius 1 is 1.33 bits per heavy atom. The quantitative estimate of drug-likeness (QED) is 0.340. The fraction of sp³-hybridized carbons (Fsp3) is 0.500. The second-order valence-corrected chi connectivity index (χ2v) is 2.32. The Morgan fingerprint density at radius 2 is 1.50 bits per heavy atom. The van der Waals surface area contributed by atoms with Crippen molar-refractivity contribution in [3.8, 4) is 0 Å². The van der Waals surface area contributed by atoms with E-state index < -0.39 is 0 Å². The normalized spacial score (nSPS) is 43.3. The van der Waals surface area contributed by atoms with Crippen LogP contribution in [0.3, 0.4) is 0 Å². The van der Waals surface area contributed by atoms with Crippen molar-refractivity contribution in [1.82, 2.24) is 0 Å². The third kappa shape index (κ3) is 0.447. The standard InChI is InChI=1S/C4H4Cl2/c1-2-3(5)4(2)6/h3-4H,1H2. The molecule has 1 rings (SSSR count). The zero-order chi connectivity index (χ0) is 4.73. The van der Waals surface area contributed by atoms with Gasteiger partial charge in [-0.1, -0.05) is 6.58 Å². The highest BCUT2D eigenvalue weighted by molar-refractivity contribution is 6.38. The van der Waals surface area contributed by atoms with E-state index in [-0.39, 0.29) is 10.8 Å². The van der Waals surface area contributed by atoms with Gasteiger partial charge < -0.3 is 0 Å². The van der Waals surface area contributed by atoms with Gasteiger partial charge in [-0.15, -0.1) is 23.2 Å². The third-order valence-electron chi connectivity index (χ3n) is 0.856. The van der Waals surface area contributed by atoms with Crippen LogP contribution < -0.4 is 0 Å². The van der Waals surface area contributed by atoms with Crippen LogP contribution in [0.4, 0.5) is 0 Å². The number of allylic oxidation sites excluding steroid dienone is 1. The zero-order valence-electron chi connectivity index (χ0n) is 3.12. The average Bonchev–Trinajstić information content (AvgIpc) is 1.94. The summed E-state index contributed by atoms with van der Waals surface area (Å²) in [5.74, 6) is 0. The summed E-state index contributed by atoms with van der Waals surface area (Å²) in [5.41, 5.74) is 0.957. The summed E-state index contributed by atoms with van der Waals surface area (Å²) in [6.45, 7) is 3.56. The zero-order valence-corrected chi connectivity index (χ0v) is 4.63. The summed E-state index contributed by atoms with van der Waals surface area (Å²) in [6.07, 6.45) is 0. The summed E-state index contributed by atoms with van der Waals surface area (Å²) < 4.78 is 0. The molecule has 0 amide bonds. The molecule has 34 valence electrons. The summed E-state index contributed by atoms with van der Waals surface area (Å²) in [4.78, 5) is 0. The van der Waals surface area contributed by atoms with Crippen molar-refractivity contribution in [1.29, 1.82) is 0 Å². The molecule has 0 aromatic heterocycles. The molecular weight excluding hydrogens is 119 g/mol. The van der Waals surface area contributed by atoms with E-state index in [1.54, 1.807) is 0 Å². The van der Waals surface area contributed by atoms with Crippen molar-refractivity contribution in [2.45, 2.75) is 10.8 Å². The Balaban J connectivity index is 2.51. The molecule has 0 N–H and O–H groups in total. The van der Waals surface area contributed by atoms with Gasteiger partial charge >= 0.3 is 0 Å². The molecule has 2 atom stereocenters. The Hall–Kier alpha value is 0.320. The molecule has 1 fully saturated rings. The van der Waals surface area contributed by atoms with Gasteiger partial charge in [-0.3, -0.25) is 0 Å². The van der Waals surface area contributed by atoms with Gasteiger partial charge in [-0.25, -0.2) is 0 Å². The lowest BCUT2D eigenvalue weighted by molar-refractivity contribution is 1.50. The predicted octanol–water partition coefficient (Wildman–Crippen LogP) is 1.77. The average molecular weight is 123 g/mol. The summed E-state index contributed by atoms with van der Waals surface area (Å²) in [5, 5.41) is 0.123. The van der Waals surface area contributed by atoms with Gasteiger partial charge in [0.15, 0.2) is 0 Å². The number of halogens is 2. The molecule has 0 spiro atoms. The van der Waals surface area contributed by atoms with Gasteiger partial charge in [-0.2, -0.15) is 0 Å². The largest absolute Gasteiger partial charge is 0.116 e. The monoisotopic (exact) mass is 122 g/mol. The van der Waals surface area contributed by atoms with Crippen molar-refractivity contribution >= 4 is 23.2 Å². The molecule has 0 bridgehead atoms. The van der Waals surface area contributed by atoms with E-state index in [4.69, 9.17) is 23.2 Å². The molecule has 2 unspecified atom stereocenters. The molecule has 0 radical (unpaired) electrons. The van der Waals surface area contributed by atoms with Crippen molar-refractivity contribution in [3.05, 3.63) is 12.2 Å². The van der Waals surface area contributed by atoms with Gasteiger partial charge in [0.1, 0.15) is 0 Å². The molecule has 6 heavy (non-hydrogen) atoms. The van der Waals surface area contributed by atoms with Crippen LogP contribution >= 0.6 is 23.2 Å². The van der Waals surface area contributed by atoms with Crippen LogP contribution in [-0.4, -0.2) is 10.8 Å². The van der Waals surface area contributed by atoms with Crippen LogP contribution in [0.15, 0.2) is 12.2 Å². The topological polar surface area (TPSA) is 0 Å². The number of hydrogen-bond donors (Lipinski definition) is 0. The lowest BCUT2D eigenvalue weighted by atomic mass is 10.7. The Kier molecular flexibility index (Phi) is 0.853. The molecular formula is C4H4Cl2. The third-order valence-corrected chi connectivity index (χ3v) is 2.05. The fourth-order valence-electron chi connectivity index (χ4n) is 0.245. The van der Waals surface area contributed by atoms with E-state index in [2.05, 4.69) is 6.58 Å². The highest BCUT2D eigenvalue weighted by atomic mass is 35.5. The SMILES string of the molecule is C=C1C(Cl)C1Cl. The summed E-state index contributed by atoms with van der Waals surface area (Å²) >= 11 is 10.9. The van der Waals surface area contributed by atoms with E-state index >= 15 is 0 Å². The lowest BCUT2D eigenvalue weighted by Gasteiger charge is -1.60. The first kappa shape index (κ1) is 4.48. The maximum Gasteiger partial charge on any atom is 0.0759 e. The Labute approximate surface area is 46.7 Å². The second-order valence-electron chi connectivity index (χ2n) is 1.38. The second kappa shape index (κ2) is 1.14. The number of alkyl halides is 2. The minimum absolute atomic E-state index is 0.0617. The van der Waals surface area contributed by atoms with E-state index in [9.17, 15) is 0 Å². The van der Waals surface area contributed by atoms with Gasteiger partial charge in [0.2, 0.25) is 0 Å². The highest BCUT2D eigenvalue weighted by Crippen LogP contribution is 2.39. The van der Waals surface area contributed by atoms with E-state index in [0.717, 1.165) is 5.57 Å². The minimum atomic E-state index is 0.0617. The molecule has 1 aliphatic carbocycles. The molecule has 0 aromatic rings.